The summed E-state index contributed by atoms with van der Waals surface area (Å²) in [6.07, 6.45) is 10.3. The van der Waals surface area contributed by atoms with Crippen LogP contribution < -0.4 is 4.90 Å². The molecule has 0 atom stereocenters. The molecule has 1 aliphatic carbocycles. The van der Waals surface area contributed by atoms with Gasteiger partial charge in [0.05, 0.1) is 12.1 Å². The predicted octanol–water partition coefficient (Wildman–Crippen LogP) is 1.02. The highest BCUT2D eigenvalue weighted by Crippen LogP contribution is 2.30. The third-order valence-electron chi connectivity index (χ3n) is 2.63. The van der Waals surface area contributed by atoms with Crippen molar-refractivity contribution < 1.29 is 9.90 Å². The maximum atomic E-state index is 10.7. The summed E-state index contributed by atoms with van der Waals surface area (Å²) >= 11 is 0. The quantitative estimate of drug-likeness (QED) is 0.766. The molecule has 0 saturated heterocycles. The van der Waals surface area contributed by atoms with Gasteiger partial charge in [-0.2, -0.15) is 0 Å². The zero-order valence-corrected chi connectivity index (χ0v) is 9.33. The van der Waals surface area contributed by atoms with Crippen LogP contribution in [0.5, 0.6) is 0 Å². The second-order valence-corrected chi connectivity index (χ2v) is 4.10. The SMILES string of the molecule is C#CCN(CC1CC1)c1ncc(C(=O)O)cn1. The Kier molecular flexibility index (Phi) is 3.24. The van der Waals surface area contributed by atoms with E-state index in [4.69, 9.17) is 11.5 Å². The molecule has 5 heteroatoms. The van der Waals surface area contributed by atoms with E-state index in [2.05, 4.69) is 15.9 Å². The van der Waals surface area contributed by atoms with Crippen molar-refractivity contribution in [2.45, 2.75) is 12.8 Å². The fraction of sp³-hybridized carbons (Fsp3) is 0.417. The number of nitrogens with zero attached hydrogens (tertiary/aromatic N) is 3. The van der Waals surface area contributed by atoms with E-state index in [-0.39, 0.29) is 5.56 Å². The topological polar surface area (TPSA) is 66.3 Å². The van der Waals surface area contributed by atoms with Crippen LogP contribution in [-0.2, 0) is 0 Å². The Morgan fingerprint density at radius 1 is 1.53 bits per heavy atom. The molecule has 1 fully saturated rings. The molecular weight excluding hydrogens is 218 g/mol. The van der Waals surface area contributed by atoms with E-state index < -0.39 is 5.97 Å². The van der Waals surface area contributed by atoms with E-state index in [1.54, 1.807) is 0 Å². The Morgan fingerprint density at radius 3 is 2.65 bits per heavy atom. The molecule has 88 valence electrons. The Balaban J connectivity index is 2.11. The first-order chi connectivity index (χ1) is 8.20. The number of anilines is 1. The van der Waals surface area contributed by atoms with Gasteiger partial charge in [0.15, 0.2) is 0 Å². The van der Waals surface area contributed by atoms with Gasteiger partial charge in [-0.15, -0.1) is 6.42 Å². The van der Waals surface area contributed by atoms with Gasteiger partial charge >= 0.3 is 5.97 Å². The number of aromatic carboxylic acids is 1. The molecule has 1 saturated carbocycles. The highest BCUT2D eigenvalue weighted by Gasteiger charge is 2.25. The minimum absolute atomic E-state index is 0.0841. The highest BCUT2D eigenvalue weighted by molar-refractivity contribution is 5.86. The number of carboxylic acids is 1. The molecule has 1 N–H and O–H groups in total. The standard InChI is InChI=1S/C12H13N3O2/c1-2-5-15(8-9-3-4-9)12-13-6-10(7-14-12)11(16)17/h1,6-7,9H,3-5,8H2,(H,16,17). The second kappa shape index (κ2) is 4.83. The predicted molar refractivity (Wildman–Crippen MR) is 62.8 cm³/mol. The molecule has 2 rings (SSSR count). The number of hydrogen-bond donors (Lipinski definition) is 1. The monoisotopic (exact) mass is 231 g/mol. The minimum atomic E-state index is -1.03. The Bertz CT molecular complexity index is 446. The van der Waals surface area contributed by atoms with Crippen LogP contribution in [0.4, 0.5) is 5.95 Å². The van der Waals surface area contributed by atoms with Gasteiger partial charge in [0.25, 0.3) is 0 Å². The Morgan fingerprint density at radius 2 is 2.18 bits per heavy atom. The summed E-state index contributed by atoms with van der Waals surface area (Å²) in [6.45, 7) is 1.29. The molecule has 1 heterocycles. The summed E-state index contributed by atoms with van der Waals surface area (Å²) in [7, 11) is 0. The smallest absolute Gasteiger partial charge is 0.338 e. The number of rotatable bonds is 5. The number of carbonyl (C=O) groups is 1. The van der Waals surface area contributed by atoms with Gasteiger partial charge < -0.3 is 10.0 Å². The molecule has 0 amide bonds. The van der Waals surface area contributed by atoms with Crippen LogP contribution >= 0.6 is 0 Å². The fourth-order valence-electron chi connectivity index (χ4n) is 1.53. The molecule has 0 aromatic carbocycles. The van der Waals surface area contributed by atoms with Crippen molar-refractivity contribution in [3.05, 3.63) is 18.0 Å². The zero-order chi connectivity index (χ0) is 12.3. The zero-order valence-electron chi connectivity index (χ0n) is 9.33. The van der Waals surface area contributed by atoms with Crippen molar-refractivity contribution in [2.24, 2.45) is 5.92 Å². The average Bonchev–Trinajstić information content (AvgIpc) is 3.13. The molecule has 0 spiro atoms. The van der Waals surface area contributed by atoms with Crippen LogP contribution in [0.15, 0.2) is 12.4 Å². The molecule has 1 aliphatic rings. The molecular formula is C12H13N3O2. The van der Waals surface area contributed by atoms with Gasteiger partial charge in [0.2, 0.25) is 5.95 Å². The highest BCUT2D eigenvalue weighted by atomic mass is 16.4. The van der Waals surface area contributed by atoms with E-state index in [1.807, 2.05) is 4.90 Å². The van der Waals surface area contributed by atoms with Crippen LogP contribution in [0.3, 0.4) is 0 Å². The summed E-state index contributed by atoms with van der Waals surface area (Å²) in [6, 6.07) is 0. The molecule has 17 heavy (non-hydrogen) atoms. The summed E-state index contributed by atoms with van der Waals surface area (Å²) in [4.78, 5) is 20.7. The minimum Gasteiger partial charge on any atom is -0.478 e. The number of carboxylic acid groups (broad SMARTS) is 1. The van der Waals surface area contributed by atoms with Crippen molar-refractivity contribution in [1.82, 2.24) is 9.97 Å². The molecule has 1 aromatic rings. The molecule has 0 aliphatic heterocycles. The van der Waals surface area contributed by atoms with Crippen LogP contribution in [0.1, 0.15) is 23.2 Å². The van der Waals surface area contributed by atoms with Gasteiger partial charge in [-0.1, -0.05) is 5.92 Å². The van der Waals surface area contributed by atoms with Gasteiger partial charge in [-0.05, 0) is 18.8 Å². The van der Waals surface area contributed by atoms with Crippen molar-refractivity contribution in [3.8, 4) is 12.3 Å². The van der Waals surface area contributed by atoms with Crippen LogP contribution in [0.2, 0.25) is 0 Å². The first-order valence-electron chi connectivity index (χ1n) is 5.44. The Labute approximate surface area is 99.5 Å². The summed E-state index contributed by atoms with van der Waals surface area (Å²) in [5, 5.41) is 8.75. The lowest BCUT2D eigenvalue weighted by Crippen LogP contribution is -2.28. The van der Waals surface area contributed by atoms with E-state index in [0.717, 1.165) is 6.54 Å². The number of aromatic nitrogens is 2. The van der Waals surface area contributed by atoms with E-state index in [0.29, 0.717) is 18.4 Å². The lowest BCUT2D eigenvalue weighted by atomic mass is 10.3. The van der Waals surface area contributed by atoms with Gasteiger partial charge in [0.1, 0.15) is 0 Å². The Hall–Kier alpha value is -2.09. The first kappa shape index (κ1) is 11.4. The number of hydrogen-bond acceptors (Lipinski definition) is 4. The van der Waals surface area contributed by atoms with Crippen molar-refractivity contribution >= 4 is 11.9 Å². The lowest BCUT2D eigenvalue weighted by Gasteiger charge is -2.19. The van der Waals surface area contributed by atoms with Gasteiger partial charge in [-0.25, -0.2) is 14.8 Å². The maximum absolute atomic E-state index is 10.7. The van der Waals surface area contributed by atoms with E-state index in [1.165, 1.54) is 25.2 Å². The molecule has 0 bridgehead atoms. The van der Waals surface area contributed by atoms with Crippen LogP contribution in [0.25, 0.3) is 0 Å². The van der Waals surface area contributed by atoms with Crippen LogP contribution in [-0.4, -0.2) is 34.1 Å². The summed E-state index contributed by atoms with van der Waals surface area (Å²) in [5.41, 5.74) is 0.0841. The molecule has 5 nitrogen and oxygen atoms in total. The average molecular weight is 231 g/mol. The number of terminal acetylenes is 1. The lowest BCUT2D eigenvalue weighted by molar-refractivity contribution is 0.0696. The molecule has 0 unspecified atom stereocenters. The van der Waals surface area contributed by atoms with Gasteiger partial charge in [0, 0.05) is 18.9 Å². The molecule has 1 aromatic heterocycles. The normalized spacial score (nSPS) is 14.1. The first-order valence-corrected chi connectivity index (χ1v) is 5.44. The van der Waals surface area contributed by atoms with E-state index in [9.17, 15) is 4.79 Å². The largest absolute Gasteiger partial charge is 0.478 e. The maximum Gasteiger partial charge on any atom is 0.338 e. The third kappa shape index (κ3) is 2.94. The molecule has 0 radical (unpaired) electrons. The fourth-order valence-corrected chi connectivity index (χ4v) is 1.53. The summed E-state index contributed by atoms with van der Waals surface area (Å²) < 4.78 is 0. The van der Waals surface area contributed by atoms with Gasteiger partial charge in [-0.3, -0.25) is 0 Å². The summed E-state index contributed by atoms with van der Waals surface area (Å²) in [5.74, 6) is 2.71. The third-order valence-corrected chi connectivity index (χ3v) is 2.63. The van der Waals surface area contributed by atoms with Crippen molar-refractivity contribution in [1.29, 1.82) is 0 Å². The van der Waals surface area contributed by atoms with Crippen molar-refractivity contribution in [2.75, 3.05) is 18.0 Å². The van der Waals surface area contributed by atoms with Crippen LogP contribution in [0, 0.1) is 18.3 Å². The second-order valence-electron chi connectivity index (χ2n) is 4.10. The van der Waals surface area contributed by atoms with E-state index >= 15 is 0 Å². The van der Waals surface area contributed by atoms with Crippen molar-refractivity contribution in [3.63, 3.8) is 0 Å².